The van der Waals surface area contributed by atoms with E-state index in [1.54, 1.807) is 0 Å². The highest BCUT2D eigenvalue weighted by molar-refractivity contribution is 5.00. The van der Waals surface area contributed by atoms with Crippen molar-refractivity contribution < 1.29 is 0 Å². The van der Waals surface area contributed by atoms with Gasteiger partial charge in [-0.15, -0.1) is 0 Å². The minimum atomic E-state index is 0.162. The van der Waals surface area contributed by atoms with Gasteiger partial charge in [0.25, 0.3) is 0 Å². The third-order valence-electron chi connectivity index (χ3n) is 3.74. The zero-order valence-corrected chi connectivity index (χ0v) is 13.2. The van der Waals surface area contributed by atoms with Crippen molar-refractivity contribution >= 4 is 0 Å². The van der Waals surface area contributed by atoms with E-state index in [1.807, 2.05) is 0 Å². The molecule has 0 spiro atoms. The molecule has 4 nitrogen and oxygen atoms in total. The number of nitrogens with two attached hydrogens (primary N) is 1. The Morgan fingerprint density at radius 1 is 1.42 bits per heavy atom. The lowest BCUT2D eigenvalue weighted by molar-refractivity contribution is 0.181. The first-order chi connectivity index (χ1) is 8.91. The average Bonchev–Trinajstić information content (AvgIpc) is 2.85. The molecule has 1 aromatic heterocycles. The van der Waals surface area contributed by atoms with E-state index >= 15 is 0 Å². The lowest BCUT2D eigenvalue weighted by Gasteiger charge is -2.30. The van der Waals surface area contributed by atoms with E-state index in [2.05, 4.69) is 61.6 Å². The van der Waals surface area contributed by atoms with Gasteiger partial charge in [0.05, 0.1) is 5.69 Å². The summed E-state index contributed by atoms with van der Waals surface area (Å²) in [6.45, 7) is 14.7. The van der Waals surface area contributed by atoms with Gasteiger partial charge in [0.2, 0.25) is 0 Å². The molecule has 0 aliphatic heterocycles. The van der Waals surface area contributed by atoms with Crippen LogP contribution < -0.4 is 5.73 Å². The molecule has 2 N–H and O–H groups in total. The number of aromatic nitrogens is 2. The minimum Gasteiger partial charge on any atom is -0.330 e. The Morgan fingerprint density at radius 2 is 2.11 bits per heavy atom. The highest BCUT2D eigenvalue weighted by Gasteiger charge is 2.20. The number of hydrogen-bond donors (Lipinski definition) is 1. The predicted molar refractivity (Wildman–Crippen MR) is 81.0 cm³/mol. The summed E-state index contributed by atoms with van der Waals surface area (Å²) in [7, 11) is 0. The van der Waals surface area contributed by atoms with Crippen molar-refractivity contribution in [2.75, 3.05) is 19.6 Å². The van der Waals surface area contributed by atoms with E-state index < -0.39 is 0 Å². The molecule has 1 atom stereocenters. The standard InChI is InChI=1S/C15H30N4/c1-6-13(3)19-9-8-14(17-19)10-18(7-2)12-15(4,5)11-16/h8-9,13H,6-7,10-12,16H2,1-5H3. The Morgan fingerprint density at radius 3 is 2.63 bits per heavy atom. The Balaban J connectivity index is 2.63. The second-order valence-electron chi connectivity index (χ2n) is 6.22. The first-order valence-electron chi connectivity index (χ1n) is 7.38. The maximum absolute atomic E-state index is 5.82. The van der Waals surface area contributed by atoms with Gasteiger partial charge >= 0.3 is 0 Å². The molecule has 1 aromatic rings. The van der Waals surface area contributed by atoms with E-state index in [0.717, 1.165) is 31.7 Å². The monoisotopic (exact) mass is 266 g/mol. The number of nitrogens with zero attached hydrogens (tertiary/aromatic N) is 3. The van der Waals surface area contributed by atoms with Crippen LogP contribution in [0.5, 0.6) is 0 Å². The fourth-order valence-electron chi connectivity index (χ4n) is 2.07. The summed E-state index contributed by atoms with van der Waals surface area (Å²) in [6.07, 6.45) is 3.20. The molecule has 19 heavy (non-hydrogen) atoms. The topological polar surface area (TPSA) is 47.1 Å². The van der Waals surface area contributed by atoms with Gasteiger partial charge in [0.1, 0.15) is 0 Å². The summed E-state index contributed by atoms with van der Waals surface area (Å²) in [5.74, 6) is 0. The van der Waals surface area contributed by atoms with Crippen LogP contribution in [0.2, 0.25) is 0 Å². The molecular formula is C15H30N4. The highest BCUT2D eigenvalue weighted by Crippen LogP contribution is 2.17. The van der Waals surface area contributed by atoms with Gasteiger partial charge in [-0.05, 0) is 37.9 Å². The zero-order chi connectivity index (χ0) is 14.5. The van der Waals surface area contributed by atoms with Gasteiger partial charge in [-0.3, -0.25) is 9.58 Å². The van der Waals surface area contributed by atoms with Crippen molar-refractivity contribution in [2.45, 2.75) is 53.6 Å². The minimum absolute atomic E-state index is 0.162. The Bertz CT molecular complexity index is 370. The molecular weight excluding hydrogens is 236 g/mol. The fourth-order valence-corrected chi connectivity index (χ4v) is 2.07. The Labute approximate surface area is 118 Å². The van der Waals surface area contributed by atoms with Gasteiger partial charge in [-0.2, -0.15) is 5.10 Å². The predicted octanol–water partition coefficient (Wildman–Crippen LogP) is 2.66. The number of hydrogen-bond acceptors (Lipinski definition) is 3. The van der Waals surface area contributed by atoms with Crippen LogP contribution in [0.4, 0.5) is 0 Å². The van der Waals surface area contributed by atoms with Crippen molar-refractivity contribution in [2.24, 2.45) is 11.1 Å². The molecule has 0 saturated heterocycles. The van der Waals surface area contributed by atoms with Gasteiger partial charge < -0.3 is 5.73 Å². The Kier molecular flexibility index (Phi) is 6.01. The van der Waals surface area contributed by atoms with Crippen LogP contribution >= 0.6 is 0 Å². The van der Waals surface area contributed by atoms with E-state index in [1.165, 1.54) is 0 Å². The van der Waals surface area contributed by atoms with Crippen molar-refractivity contribution in [3.05, 3.63) is 18.0 Å². The van der Waals surface area contributed by atoms with Crippen LogP contribution in [0.1, 0.15) is 52.8 Å². The van der Waals surface area contributed by atoms with Crippen molar-refractivity contribution in [1.82, 2.24) is 14.7 Å². The summed E-state index contributed by atoms with van der Waals surface area (Å²) in [5.41, 5.74) is 7.13. The molecule has 0 amide bonds. The number of rotatable bonds is 8. The molecule has 4 heteroatoms. The van der Waals surface area contributed by atoms with E-state index in [4.69, 9.17) is 5.73 Å². The third kappa shape index (κ3) is 4.96. The average molecular weight is 266 g/mol. The van der Waals surface area contributed by atoms with Crippen molar-refractivity contribution in [1.29, 1.82) is 0 Å². The molecule has 0 radical (unpaired) electrons. The molecule has 0 bridgehead atoms. The lowest BCUT2D eigenvalue weighted by Crippen LogP contribution is -2.38. The second-order valence-corrected chi connectivity index (χ2v) is 6.22. The zero-order valence-electron chi connectivity index (χ0n) is 13.2. The van der Waals surface area contributed by atoms with E-state index in [0.29, 0.717) is 12.6 Å². The normalized spacial score (nSPS) is 14.1. The van der Waals surface area contributed by atoms with Crippen LogP contribution in [-0.4, -0.2) is 34.3 Å². The maximum Gasteiger partial charge on any atom is 0.0764 e. The lowest BCUT2D eigenvalue weighted by atomic mass is 9.93. The van der Waals surface area contributed by atoms with Crippen LogP contribution in [0, 0.1) is 5.41 Å². The van der Waals surface area contributed by atoms with Crippen molar-refractivity contribution in [3.63, 3.8) is 0 Å². The largest absolute Gasteiger partial charge is 0.330 e. The van der Waals surface area contributed by atoms with E-state index in [-0.39, 0.29) is 5.41 Å². The van der Waals surface area contributed by atoms with Crippen LogP contribution in [0.15, 0.2) is 12.3 Å². The summed E-state index contributed by atoms with van der Waals surface area (Å²) in [4.78, 5) is 2.41. The van der Waals surface area contributed by atoms with E-state index in [9.17, 15) is 0 Å². The van der Waals surface area contributed by atoms with Crippen LogP contribution in [0.3, 0.4) is 0 Å². The fraction of sp³-hybridized carbons (Fsp3) is 0.800. The summed E-state index contributed by atoms with van der Waals surface area (Å²) in [5, 5.41) is 4.67. The van der Waals surface area contributed by atoms with Crippen LogP contribution in [0.25, 0.3) is 0 Å². The van der Waals surface area contributed by atoms with Gasteiger partial charge in [0.15, 0.2) is 0 Å². The first kappa shape index (κ1) is 16.2. The molecule has 0 aliphatic carbocycles. The van der Waals surface area contributed by atoms with Gasteiger partial charge in [-0.1, -0.05) is 27.7 Å². The molecule has 1 heterocycles. The molecule has 1 unspecified atom stereocenters. The molecule has 0 aliphatic rings. The highest BCUT2D eigenvalue weighted by atomic mass is 15.3. The van der Waals surface area contributed by atoms with Crippen molar-refractivity contribution in [3.8, 4) is 0 Å². The molecule has 0 fully saturated rings. The third-order valence-corrected chi connectivity index (χ3v) is 3.74. The molecule has 110 valence electrons. The molecule has 0 saturated carbocycles. The first-order valence-corrected chi connectivity index (χ1v) is 7.38. The van der Waals surface area contributed by atoms with Gasteiger partial charge in [0, 0.05) is 25.3 Å². The second kappa shape index (κ2) is 7.06. The SMILES string of the molecule is CCC(C)n1ccc(CN(CC)CC(C)(C)CN)n1. The summed E-state index contributed by atoms with van der Waals surface area (Å²) in [6, 6.07) is 2.61. The smallest absolute Gasteiger partial charge is 0.0764 e. The summed E-state index contributed by atoms with van der Waals surface area (Å²) < 4.78 is 2.07. The maximum atomic E-state index is 5.82. The van der Waals surface area contributed by atoms with Crippen LogP contribution in [-0.2, 0) is 6.54 Å². The summed E-state index contributed by atoms with van der Waals surface area (Å²) >= 11 is 0. The van der Waals surface area contributed by atoms with Gasteiger partial charge in [-0.25, -0.2) is 0 Å². The molecule has 0 aromatic carbocycles. The quantitative estimate of drug-likeness (QED) is 0.787. The molecule has 1 rings (SSSR count). The Hall–Kier alpha value is -0.870.